The molecule has 0 spiro atoms. The molecule has 1 amide bonds. The maximum Gasteiger partial charge on any atom is 0.238 e. The van der Waals surface area contributed by atoms with E-state index in [-0.39, 0.29) is 5.91 Å². The average Bonchev–Trinajstić information content (AvgIpc) is 3.03. The summed E-state index contributed by atoms with van der Waals surface area (Å²) in [6, 6.07) is 12.6. The van der Waals surface area contributed by atoms with Crippen molar-refractivity contribution in [2.45, 2.75) is 19.9 Å². The summed E-state index contributed by atoms with van der Waals surface area (Å²) in [5, 5.41) is 7.26. The highest BCUT2D eigenvalue weighted by molar-refractivity contribution is 5.92. The minimum absolute atomic E-state index is 0.00621. The van der Waals surface area contributed by atoms with Gasteiger partial charge in [-0.25, -0.2) is 9.97 Å². The molecule has 186 valence electrons. The highest BCUT2D eigenvalue weighted by atomic mass is 16.2. The molecule has 1 saturated heterocycles. The molecule has 4 rings (SSSR count). The molecule has 1 atom stereocenters. The molecule has 1 aromatic carbocycles. The summed E-state index contributed by atoms with van der Waals surface area (Å²) in [5.74, 6) is 1.25. The largest absolute Gasteiger partial charge is 0.363 e. The first kappa shape index (κ1) is 24.8. The quantitative estimate of drug-likeness (QED) is 0.534. The van der Waals surface area contributed by atoms with Crippen LogP contribution in [0.3, 0.4) is 0 Å². The first-order chi connectivity index (χ1) is 16.9. The van der Waals surface area contributed by atoms with Gasteiger partial charge in [-0.05, 0) is 24.8 Å². The third-order valence-corrected chi connectivity index (χ3v) is 6.56. The van der Waals surface area contributed by atoms with Crippen molar-refractivity contribution in [3.8, 4) is 0 Å². The summed E-state index contributed by atoms with van der Waals surface area (Å²) in [7, 11) is 5.86. The van der Waals surface area contributed by atoms with E-state index in [2.05, 4.69) is 66.6 Å². The van der Waals surface area contributed by atoms with E-state index >= 15 is 0 Å². The van der Waals surface area contributed by atoms with E-state index in [1.165, 1.54) is 5.56 Å². The number of benzene rings is 1. The maximum absolute atomic E-state index is 12.9. The second-order valence-corrected chi connectivity index (χ2v) is 9.60. The van der Waals surface area contributed by atoms with E-state index in [0.29, 0.717) is 12.5 Å². The van der Waals surface area contributed by atoms with E-state index in [1.54, 1.807) is 17.2 Å². The molecule has 1 fully saturated rings. The Hall–Kier alpha value is -3.30. The fourth-order valence-corrected chi connectivity index (χ4v) is 4.56. The Balaban J connectivity index is 1.46. The minimum Gasteiger partial charge on any atom is -0.363 e. The van der Waals surface area contributed by atoms with Crippen LogP contribution in [-0.4, -0.2) is 82.3 Å². The van der Waals surface area contributed by atoms with Crippen molar-refractivity contribution in [3.05, 3.63) is 65.9 Å². The van der Waals surface area contributed by atoms with Gasteiger partial charge in [0, 0.05) is 65.6 Å². The molecule has 0 aliphatic carbocycles. The van der Waals surface area contributed by atoms with Gasteiger partial charge in [0.15, 0.2) is 0 Å². The number of carbonyl (C=O) groups excluding carboxylic acids is 1. The van der Waals surface area contributed by atoms with E-state index in [0.717, 1.165) is 62.0 Å². The van der Waals surface area contributed by atoms with Crippen LogP contribution >= 0.6 is 0 Å². The molecular weight excluding hydrogens is 440 g/mol. The second kappa shape index (κ2) is 11.4. The fourth-order valence-electron chi connectivity index (χ4n) is 4.56. The van der Waals surface area contributed by atoms with Crippen LogP contribution in [0, 0.1) is 12.8 Å². The highest BCUT2D eigenvalue weighted by Crippen LogP contribution is 2.19. The first-order valence-electron chi connectivity index (χ1n) is 12.1. The summed E-state index contributed by atoms with van der Waals surface area (Å²) in [6.45, 7) is 6.76. The lowest BCUT2D eigenvalue weighted by Gasteiger charge is -2.24. The Bertz CT molecular complexity index is 1110. The number of nitrogens with one attached hydrogen (secondary N) is 1. The van der Waals surface area contributed by atoms with Gasteiger partial charge in [0.05, 0.1) is 24.1 Å². The molecule has 3 aromatic rings. The molecule has 3 heterocycles. The summed E-state index contributed by atoms with van der Waals surface area (Å²) in [4.78, 5) is 28.5. The summed E-state index contributed by atoms with van der Waals surface area (Å²) in [5.41, 5.74) is 4.06. The molecule has 9 nitrogen and oxygen atoms in total. The van der Waals surface area contributed by atoms with E-state index in [9.17, 15) is 4.79 Å². The third-order valence-electron chi connectivity index (χ3n) is 6.56. The number of carbonyl (C=O) groups is 1. The summed E-state index contributed by atoms with van der Waals surface area (Å²) in [6.07, 6.45) is 4.19. The predicted molar refractivity (Wildman–Crippen MR) is 138 cm³/mol. The Kier molecular flexibility index (Phi) is 8.09. The first-order valence-corrected chi connectivity index (χ1v) is 12.1. The van der Waals surface area contributed by atoms with Crippen LogP contribution in [0.5, 0.6) is 0 Å². The Morgan fingerprint density at radius 3 is 2.57 bits per heavy atom. The van der Waals surface area contributed by atoms with Crippen molar-refractivity contribution >= 4 is 17.4 Å². The highest BCUT2D eigenvalue weighted by Gasteiger charge is 2.25. The number of amides is 1. The minimum atomic E-state index is -0.00621. The van der Waals surface area contributed by atoms with Gasteiger partial charge in [-0.3, -0.25) is 19.3 Å². The second-order valence-electron chi connectivity index (χ2n) is 9.60. The van der Waals surface area contributed by atoms with Gasteiger partial charge in [0.2, 0.25) is 5.91 Å². The molecule has 1 aliphatic rings. The van der Waals surface area contributed by atoms with Gasteiger partial charge in [-0.2, -0.15) is 5.10 Å². The van der Waals surface area contributed by atoms with Crippen LogP contribution in [0.1, 0.15) is 17.0 Å². The molecule has 9 heteroatoms. The number of rotatable bonds is 8. The lowest BCUT2D eigenvalue weighted by atomic mass is 10.0. The van der Waals surface area contributed by atoms with Crippen LogP contribution in [-0.2, 0) is 24.8 Å². The van der Waals surface area contributed by atoms with Gasteiger partial charge >= 0.3 is 0 Å². The summed E-state index contributed by atoms with van der Waals surface area (Å²) < 4.78 is 1.77. The Labute approximate surface area is 207 Å². The standard InChI is InChI=1S/C26H36N8O/c1-20-24(14-29-32(20)4)30-26(35)18-34-11-10-33(15-21-8-6-5-7-9-21)16-22(17-34)12-23-13-25(31(2)3)28-19-27-23/h5-9,13-14,19,22H,10-12,15-18H2,1-4H3,(H,30,35)/t22-/m0/s1. The van der Waals surface area contributed by atoms with E-state index in [4.69, 9.17) is 0 Å². The summed E-state index contributed by atoms with van der Waals surface area (Å²) >= 11 is 0. The van der Waals surface area contributed by atoms with Crippen LogP contribution in [0.25, 0.3) is 0 Å². The van der Waals surface area contributed by atoms with Gasteiger partial charge in [0.25, 0.3) is 0 Å². The molecule has 1 N–H and O–H groups in total. The van der Waals surface area contributed by atoms with Crippen molar-refractivity contribution in [2.24, 2.45) is 13.0 Å². The third kappa shape index (κ3) is 6.86. The van der Waals surface area contributed by atoms with Crippen molar-refractivity contribution in [1.29, 1.82) is 0 Å². The van der Waals surface area contributed by atoms with Gasteiger partial charge in [-0.15, -0.1) is 0 Å². The molecule has 0 saturated carbocycles. The lowest BCUT2D eigenvalue weighted by molar-refractivity contribution is -0.117. The fraction of sp³-hybridized carbons (Fsp3) is 0.462. The molecular formula is C26H36N8O. The topological polar surface area (TPSA) is 82.4 Å². The normalized spacial score (nSPS) is 17.2. The SMILES string of the molecule is Cc1c(NC(=O)CN2CCN(Cc3ccccc3)C[C@H](Cc3cc(N(C)C)ncn3)C2)cnn1C. The number of nitrogens with zero attached hydrogens (tertiary/aromatic N) is 7. The van der Waals surface area contributed by atoms with E-state index < -0.39 is 0 Å². The monoisotopic (exact) mass is 476 g/mol. The molecule has 0 bridgehead atoms. The Morgan fingerprint density at radius 1 is 1.11 bits per heavy atom. The zero-order valence-corrected chi connectivity index (χ0v) is 21.2. The number of aryl methyl sites for hydroxylation is 1. The molecule has 35 heavy (non-hydrogen) atoms. The van der Waals surface area contributed by atoms with Gasteiger partial charge in [0.1, 0.15) is 12.1 Å². The molecule has 0 unspecified atom stereocenters. The van der Waals surface area contributed by atoms with Gasteiger partial charge in [-0.1, -0.05) is 30.3 Å². The van der Waals surface area contributed by atoms with Crippen molar-refractivity contribution in [1.82, 2.24) is 29.5 Å². The van der Waals surface area contributed by atoms with Crippen LogP contribution in [0.4, 0.5) is 11.5 Å². The Morgan fingerprint density at radius 2 is 1.86 bits per heavy atom. The number of hydrogen-bond acceptors (Lipinski definition) is 7. The van der Waals surface area contributed by atoms with Crippen molar-refractivity contribution in [2.75, 3.05) is 57.0 Å². The van der Waals surface area contributed by atoms with E-state index in [1.807, 2.05) is 33.0 Å². The van der Waals surface area contributed by atoms with Crippen molar-refractivity contribution in [3.63, 3.8) is 0 Å². The van der Waals surface area contributed by atoms with Crippen molar-refractivity contribution < 1.29 is 4.79 Å². The maximum atomic E-state index is 12.9. The van der Waals surface area contributed by atoms with Crippen LogP contribution in [0.2, 0.25) is 0 Å². The van der Waals surface area contributed by atoms with Crippen LogP contribution in [0.15, 0.2) is 48.9 Å². The van der Waals surface area contributed by atoms with Crippen LogP contribution < -0.4 is 10.2 Å². The predicted octanol–water partition coefficient (Wildman–Crippen LogP) is 2.20. The molecule has 2 aromatic heterocycles. The zero-order chi connectivity index (χ0) is 24.8. The molecule has 1 aliphatic heterocycles. The number of hydrogen-bond donors (Lipinski definition) is 1. The zero-order valence-electron chi connectivity index (χ0n) is 21.2. The smallest absolute Gasteiger partial charge is 0.238 e. The number of aromatic nitrogens is 4. The molecule has 0 radical (unpaired) electrons. The number of anilines is 2. The van der Waals surface area contributed by atoms with Gasteiger partial charge < -0.3 is 10.2 Å². The lowest BCUT2D eigenvalue weighted by Crippen LogP contribution is -2.37. The average molecular weight is 477 g/mol.